The zero-order chi connectivity index (χ0) is 15.8. The molecule has 7 heteroatoms. The molecule has 2 aromatic rings. The van der Waals surface area contributed by atoms with E-state index in [1.807, 2.05) is 30.8 Å². The lowest BCUT2D eigenvalue weighted by atomic mass is 10.1. The number of rotatable bonds is 7. The van der Waals surface area contributed by atoms with Crippen molar-refractivity contribution in [3.8, 4) is 0 Å². The van der Waals surface area contributed by atoms with Crippen molar-refractivity contribution in [1.29, 1.82) is 0 Å². The van der Waals surface area contributed by atoms with Crippen LogP contribution in [0, 0.1) is 13.8 Å². The highest BCUT2D eigenvalue weighted by atomic mass is 16.5. The summed E-state index contributed by atoms with van der Waals surface area (Å²) in [7, 11) is 1.78. The summed E-state index contributed by atoms with van der Waals surface area (Å²) in [5.74, 6) is 1.70. The fourth-order valence-corrected chi connectivity index (χ4v) is 2.27. The molecule has 2 heterocycles. The molecule has 2 N–H and O–H groups in total. The van der Waals surface area contributed by atoms with Gasteiger partial charge in [-0.05, 0) is 32.8 Å². The number of hydrogen-bond acceptors (Lipinski definition) is 4. The Hall–Kier alpha value is -2.31. The Kier molecular flexibility index (Phi) is 6.00. The number of aryl methyl sites for hydroxylation is 3. The maximum absolute atomic E-state index is 5.16. The molecular formula is C15H24N6O. The van der Waals surface area contributed by atoms with Crippen LogP contribution >= 0.6 is 0 Å². The van der Waals surface area contributed by atoms with Crippen LogP contribution < -0.4 is 10.6 Å². The molecule has 2 aromatic heterocycles. The number of guanidine groups is 1. The Morgan fingerprint density at radius 1 is 1.32 bits per heavy atom. The normalized spacial score (nSPS) is 11.7. The van der Waals surface area contributed by atoms with Crippen LogP contribution in [-0.2, 0) is 13.0 Å². The van der Waals surface area contributed by atoms with Crippen LogP contribution in [-0.4, -0.2) is 41.0 Å². The van der Waals surface area contributed by atoms with E-state index in [-0.39, 0.29) is 0 Å². The van der Waals surface area contributed by atoms with Crippen LogP contribution in [0.15, 0.2) is 28.0 Å². The van der Waals surface area contributed by atoms with Crippen molar-refractivity contribution in [2.75, 3.05) is 20.1 Å². The Morgan fingerprint density at radius 2 is 2.14 bits per heavy atom. The molecule has 0 spiro atoms. The van der Waals surface area contributed by atoms with Gasteiger partial charge in [-0.1, -0.05) is 5.16 Å². The van der Waals surface area contributed by atoms with Gasteiger partial charge in [-0.2, -0.15) is 5.10 Å². The first-order valence-electron chi connectivity index (χ1n) is 7.54. The lowest BCUT2D eigenvalue weighted by molar-refractivity contribution is 0.392. The number of nitrogens with one attached hydrogen (secondary N) is 2. The minimum atomic E-state index is 0.793. The van der Waals surface area contributed by atoms with Gasteiger partial charge < -0.3 is 15.2 Å². The lowest BCUT2D eigenvalue weighted by Gasteiger charge is -2.11. The van der Waals surface area contributed by atoms with E-state index in [0.29, 0.717) is 0 Å². The van der Waals surface area contributed by atoms with Gasteiger partial charge in [-0.15, -0.1) is 0 Å². The average molecular weight is 304 g/mol. The molecule has 0 aliphatic carbocycles. The maximum atomic E-state index is 5.16. The summed E-state index contributed by atoms with van der Waals surface area (Å²) in [6.45, 7) is 6.45. The molecule has 0 aliphatic heterocycles. The Balaban J connectivity index is 1.65. The van der Waals surface area contributed by atoms with Crippen molar-refractivity contribution in [3.63, 3.8) is 0 Å². The van der Waals surface area contributed by atoms with Crippen LogP contribution in [0.2, 0.25) is 0 Å². The first-order chi connectivity index (χ1) is 10.7. The van der Waals surface area contributed by atoms with E-state index in [0.717, 1.165) is 49.9 Å². The second-order valence-corrected chi connectivity index (χ2v) is 5.10. The Labute approximate surface area is 130 Å². The third kappa shape index (κ3) is 4.61. The van der Waals surface area contributed by atoms with E-state index >= 15 is 0 Å². The van der Waals surface area contributed by atoms with Gasteiger partial charge in [0.1, 0.15) is 5.76 Å². The van der Waals surface area contributed by atoms with E-state index < -0.39 is 0 Å². The molecule has 22 heavy (non-hydrogen) atoms. The zero-order valence-electron chi connectivity index (χ0n) is 13.5. The lowest BCUT2D eigenvalue weighted by Crippen LogP contribution is -2.39. The highest BCUT2D eigenvalue weighted by Crippen LogP contribution is 2.11. The first kappa shape index (κ1) is 16.1. The van der Waals surface area contributed by atoms with Gasteiger partial charge in [0.15, 0.2) is 5.96 Å². The van der Waals surface area contributed by atoms with Crippen molar-refractivity contribution in [3.05, 3.63) is 35.5 Å². The molecule has 0 unspecified atom stereocenters. The molecule has 7 nitrogen and oxygen atoms in total. The van der Waals surface area contributed by atoms with E-state index in [9.17, 15) is 0 Å². The van der Waals surface area contributed by atoms with Crippen LogP contribution in [0.3, 0.4) is 0 Å². The predicted octanol–water partition coefficient (Wildman–Crippen LogP) is 1.29. The van der Waals surface area contributed by atoms with Gasteiger partial charge in [0.25, 0.3) is 0 Å². The topological polar surface area (TPSA) is 80.3 Å². The summed E-state index contributed by atoms with van der Waals surface area (Å²) in [6, 6.07) is 1.93. The molecule has 0 saturated heterocycles. The van der Waals surface area contributed by atoms with Crippen LogP contribution in [0.1, 0.15) is 23.4 Å². The second-order valence-electron chi connectivity index (χ2n) is 5.10. The molecule has 0 aromatic carbocycles. The Bertz CT molecular complexity index is 568. The van der Waals surface area contributed by atoms with Gasteiger partial charge in [0.2, 0.25) is 0 Å². The quantitative estimate of drug-likeness (QED) is 0.458. The summed E-state index contributed by atoms with van der Waals surface area (Å²) in [6.07, 6.45) is 5.63. The summed E-state index contributed by atoms with van der Waals surface area (Å²) in [5, 5.41) is 14.7. The third-order valence-electron chi connectivity index (χ3n) is 3.49. The van der Waals surface area contributed by atoms with E-state index in [1.165, 1.54) is 5.56 Å². The van der Waals surface area contributed by atoms with Crippen molar-refractivity contribution >= 4 is 5.96 Å². The van der Waals surface area contributed by atoms with Gasteiger partial charge in [0, 0.05) is 44.6 Å². The van der Waals surface area contributed by atoms with Crippen LogP contribution in [0.5, 0.6) is 0 Å². The molecular weight excluding hydrogens is 280 g/mol. The molecule has 0 amide bonds. The molecule has 0 saturated carbocycles. The molecule has 0 fully saturated rings. The fourth-order valence-electron chi connectivity index (χ4n) is 2.27. The molecule has 0 bridgehead atoms. The minimum Gasteiger partial charge on any atom is -0.361 e. The van der Waals surface area contributed by atoms with E-state index in [2.05, 4.69) is 25.9 Å². The molecule has 120 valence electrons. The Morgan fingerprint density at radius 3 is 2.77 bits per heavy atom. The van der Waals surface area contributed by atoms with Gasteiger partial charge >= 0.3 is 0 Å². The van der Waals surface area contributed by atoms with Crippen molar-refractivity contribution in [2.24, 2.45) is 4.99 Å². The third-order valence-corrected chi connectivity index (χ3v) is 3.49. The summed E-state index contributed by atoms with van der Waals surface area (Å²) < 4.78 is 7.09. The maximum Gasteiger partial charge on any atom is 0.190 e. The predicted molar refractivity (Wildman–Crippen MR) is 85.9 cm³/mol. The van der Waals surface area contributed by atoms with Crippen molar-refractivity contribution in [1.82, 2.24) is 25.6 Å². The van der Waals surface area contributed by atoms with Crippen LogP contribution in [0.25, 0.3) is 0 Å². The number of aliphatic imine (C=N–C) groups is 1. The van der Waals surface area contributed by atoms with Gasteiger partial charge in [0.05, 0.1) is 5.69 Å². The van der Waals surface area contributed by atoms with Crippen molar-refractivity contribution in [2.45, 2.75) is 33.2 Å². The summed E-state index contributed by atoms with van der Waals surface area (Å²) in [5.41, 5.74) is 2.13. The van der Waals surface area contributed by atoms with E-state index in [4.69, 9.17) is 4.52 Å². The minimum absolute atomic E-state index is 0.793. The molecule has 0 atom stereocenters. The SMILES string of the molecule is CN=C(NCCCn1cccn1)NCCc1c(C)noc1C. The molecule has 2 rings (SSSR count). The van der Waals surface area contributed by atoms with Crippen molar-refractivity contribution < 1.29 is 4.52 Å². The summed E-state index contributed by atoms with van der Waals surface area (Å²) >= 11 is 0. The van der Waals surface area contributed by atoms with Gasteiger partial charge in [-0.3, -0.25) is 9.67 Å². The molecule has 0 aliphatic rings. The second kappa shape index (κ2) is 8.21. The summed E-state index contributed by atoms with van der Waals surface area (Å²) in [4.78, 5) is 4.22. The first-order valence-corrected chi connectivity index (χ1v) is 7.54. The highest BCUT2D eigenvalue weighted by Gasteiger charge is 2.08. The zero-order valence-corrected chi connectivity index (χ0v) is 13.5. The van der Waals surface area contributed by atoms with Crippen LogP contribution in [0.4, 0.5) is 0 Å². The smallest absolute Gasteiger partial charge is 0.190 e. The van der Waals surface area contributed by atoms with E-state index in [1.54, 1.807) is 13.2 Å². The number of nitrogens with zero attached hydrogens (tertiary/aromatic N) is 4. The standard InChI is InChI=1S/C15H24N6O/c1-12-14(13(2)22-20-12)6-9-18-15(16-3)17-7-4-10-21-11-5-8-19-21/h5,8,11H,4,6-7,9-10H2,1-3H3,(H2,16,17,18). The monoisotopic (exact) mass is 304 g/mol. The fraction of sp³-hybridized carbons (Fsp3) is 0.533. The number of aromatic nitrogens is 3. The molecule has 0 radical (unpaired) electrons. The largest absolute Gasteiger partial charge is 0.361 e. The average Bonchev–Trinajstić information content (AvgIpc) is 3.14. The highest BCUT2D eigenvalue weighted by molar-refractivity contribution is 5.79. The number of hydrogen-bond donors (Lipinski definition) is 2. The van der Waals surface area contributed by atoms with Gasteiger partial charge in [-0.25, -0.2) is 0 Å².